The van der Waals surface area contributed by atoms with Crippen LogP contribution in [0.4, 0.5) is 4.39 Å². The maximum absolute atomic E-state index is 14.4. The van der Waals surface area contributed by atoms with Crippen LogP contribution in [0, 0.1) is 12.7 Å². The molecule has 0 spiro atoms. The van der Waals surface area contributed by atoms with Crippen molar-refractivity contribution < 1.29 is 4.39 Å². The average Bonchev–Trinajstić information content (AvgIpc) is 3.12. The highest BCUT2D eigenvalue weighted by Gasteiger charge is 2.18. The summed E-state index contributed by atoms with van der Waals surface area (Å²) >= 11 is 1.60. The predicted molar refractivity (Wildman–Crippen MR) is 107 cm³/mol. The van der Waals surface area contributed by atoms with Gasteiger partial charge in [0.05, 0.1) is 5.56 Å². The molecule has 0 unspecified atom stereocenters. The van der Waals surface area contributed by atoms with E-state index in [-0.39, 0.29) is 5.82 Å². The molecule has 4 aromatic rings. The van der Waals surface area contributed by atoms with Gasteiger partial charge in [0.15, 0.2) is 11.0 Å². The van der Waals surface area contributed by atoms with E-state index in [1.807, 2.05) is 53.1 Å². The first kappa shape index (κ1) is 17.5. The Morgan fingerprint density at radius 2 is 1.56 bits per heavy atom. The van der Waals surface area contributed by atoms with Gasteiger partial charge in [-0.2, -0.15) is 0 Å². The number of para-hydroxylation sites is 1. The summed E-state index contributed by atoms with van der Waals surface area (Å²) < 4.78 is 16.3. The second-order valence-electron chi connectivity index (χ2n) is 6.17. The fourth-order valence-electron chi connectivity index (χ4n) is 2.90. The van der Waals surface area contributed by atoms with Crippen LogP contribution in [0.3, 0.4) is 0 Å². The molecule has 0 aliphatic carbocycles. The van der Waals surface area contributed by atoms with Crippen LogP contribution in [0.1, 0.15) is 11.1 Å². The zero-order valence-electron chi connectivity index (χ0n) is 14.8. The van der Waals surface area contributed by atoms with Crippen LogP contribution in [0.25, 0.3) is 17.1 Å². The Bertz CT molecular complexity index is 1060. The zero-order chi connectivity index (χ0) is 18.6. The molecule has 3 nitrogen and oxygen atoms in total. The Morgan fingerprint density at radius 3 is 2.33 bits per heavy atom. The zero-order valence-corrected chi connectivity index (χ0v) is 15.7. The molecular formula is C22H18FN3S. The van der Waals surface area contributed by atoms with Gasteiger partial charge >= 0.3 is 0 Å². The van der Waals surface area contributed by atoms with Crippen LogP contribution in [0.5, 0.6) is 0 Å². The van der Waals surface area contributed by atoms with E-state index in [0.717, 1.165) is 16.6 Å². The fourth-order valence-corrected chi connectivity index (χ4v) is 3.93. The molecule has 0 amide bonds. The van der Waals surface area contributed by atoms with E-state index in [0.29, 0.717) is 11.4 Å². The number of benzene rings is 3. The van der Waals surface area contributed by atoms with Crippen molar-refractivity contribution in [2.75, 3.05) is 0 Å². The average molecular weight is 375 g/mol. The minimum Gasteiger partial charge on any atom is -0.270 e. The van der Waals surface area contributed by atoms with E-state index in [9.17, 15) is 4.39 Å². The normalized spacial score (nSPS) is 10.9. The Balaban J connectivity index is 1.76. The Labute approximate surface area is 161 Å². The molecule has 0 N–H and O–H groups in total. The van der Waals surface area contributed by atoms with Gasteiger partial charge in [-0.25, -0.2) is 4.39 Å². The SMILES string of the molecule is Cc1ccccc1CSc1nnc(-c2ccccc2F)n1-c1ccccc1. The van der Waals surface area contributed by atoms with Gasteiger partial charge < -0.3 is 0 Å². The molecule has 27 heavy (non-hydrogen) atoms. The van der Waals surface area contributed by atoms with E-state index in [1.165, 1.54) is 17.2 Å². The number of aryl methyl sites for hydroxylation is 1. The van der Waals surface area contributed by atoms with E-state index in [4.69, 9.17) is 0 Å². The summed E-state index contributed by atoms with van der Waals surface area (Å²) in [6.45, 7) is 2.10. The summed E-state index contributed by atoms with van der Waals surface area (Å²) in [5.74, 6) is 0.971. The van der Waals surface area contributed by atoms with Crippen molar-refractivity contribution in [1.29, 1.82) is 0 Å². The summed E-state index contributed by atoms with van der Waals surface area (Å²) in [5.41, 5.74) is 3.84. The van der Waals surface area contributed by atoms with E-state index in [1.54, 1.807) is 23.9 Å². The van der Waals surface area contributed by atoms with Crippen molar-refractivity contribution in [3.63, 3.8) is 0 Å². The van der Waals surface area contributed by atoms with Crippen molar-refractivity contribution in [3.8, 4) is 17.1 Å². The number of aromatic nitrogens is 3. The van der Waals surface area contributed by atoms with Gasteiger partial charge in [0.1, 0.15) is 5.82 Å². The van der Waals surface area contributed by atoms with Crippen molar-refractivity contribution in [3.05, 3.63) is 95.8 Å². The third kappa shape index (κ3) is 3.64. The van der Waals surface area contributed by atoms with Crippen LogP contribution in [-0.2, 0) is 5.75 Å². The van der Waals surface area contributed by atoms with Crippen LogP contribution < -0.4 is 0 Å². The minimum absolute atomic E-state index is 0.308. The summed E-state index contributed by atoms with van der Waals surface area (Å²) in [4.78, 5) is 0. The molecule has 5 heteroatoms. The third-order valence-corrected chi connectivity index (χ3v) is 5.36. The van der Waals surface area contributed by atoms with Gasteiger partial charge in [-0.05, 0) is 42.3 Å². The molecule has 0 saturated carbocycles. The van der Waals surface area contributed by atoms with Crippen molar-refractivity contribution in [2.45, 2.75) is 17.8 Å². The number of halogens is 1. The fraction of sp³-hybridized carbons (Fsp3) is 0.0909. The van der Waals surface area contributed by atoms with Crippen LogP contribution >= 0.6 is 11.8 Å². The summed E-state index contributed by atoms with van der Waals surface area (Å²) in [7, 11) is 0. The lowest BCUT2D eigenvalue weighted by atomic mass is 10.1. The van der Waals surface area contributed by atoms with Crippen molar-refractivity contribution in [2.24, 2.45) is 0 Å². The molecule has 3 aromatic carbocycles. The molecule has 0 saturated heterocycles. The topological polar surface area (TPSA) is 30.7 Å². The molecule has 0 bridgehead atoms. The van der Waals surface area contributed by atoms with Crippen molar-refractivity contribution >= 4 is 11.8 Å². The standard InChI is InChI=1S/C22H18FN3S/c1-16-9-5-6-10-17(16)15-27-22-25-24-21(19-13-7-8-14-20(19)23)26(22)18-11-3-2-4-12-18/h2-14H,15H2,1H3. The van der Waals surface area contributed by atoms with Gasteiger partial charge in [0, 0.05) is 11.4 Å². The second-order valence-corrected chi connectivity index (χ2v) is 7.11. The van der Waals surface area contributed by atoms with Gasteiger partial charge in [-0.3, -0.25) is 4.57 Å². The molecule has 1 heterocycles. The molecule has 0 atom stereocenters. The Kier molecular flexibility index (Phi) is 5.03. The maximum Gasteiger partial charge on any atom is 0.196 e. The first-order valence-electron chi connectivity index (χ1n) is 8.67. The highest BCUT2D eigenvalue weighted by atomic mass is 32.2. The minimum atomic E-state index is -0.308. The van der Waals surface area contributed by atoms with E-state index < -0.39 is 0 Å². The molecular weight excluding hydrogens is 357 g/mol. The van der Waals surface area contributed by atoms with E-state index in [2.05, 4.69) is 29.3 Å². The van der Waals surface area contributed by atoms with Crippen LogP contribution in [-0.4, -0.2) is 14.8 Å². The second kappa shape index (κ2) is 7.76. The van der Waals surface area contributed by atoms with Gasteiger partial charge in [-0.1, -0.05) is 66.4 Å². The lowest BCUT2D eigenvalue weighted by molar-refractivity contribution is 0.629. The smallest absolute Gasteiger partial charge is 0.196 e. The molecule has 0 aliphatic rings. The first-order valence-corrected chi connectivity index (χ1v) is 9.65. The highest BCUT2D eigenvalue weighted by Crippen LogP contribution is 2.31. The largest absolute Gasteiger partial charge is 0.270 e. The number of nitrogens with zero attached hydrogens (tertiary/aromatic N) is 3. The Hall–Kier alpha value is -2.92. The molecule has 0 fully saturated rings. The van der Waals surface area contributed by atoms with Crippen LogP contribution in [0.2, 0.25) is 0 Å². The monoisotopic (exact) mass is 375 g/mol. The van der Waals surface area contributed by atoms with Gasteiger partial charge in [0.25, 0.3) is 0 Å². The number of thioether (sulfide) groups is 1. The molecule has 1 aromatic heterocycles. The molecule has 4 rings (SSSR count). The summed E-state index contributed by atoms with van der Waals surface area (Å²) in [6.07, 6.45) is 0. The van der Waals surface area contributed by atoms with E-state index >= 15 is 0 Å². The number of hydrogen-bond acceptors (Lipinski definition) is 3. The van der Waals surface area contributed by atoms with Crippen LogP contribution in [0.15, 0.2) is 84.0 Å². The predicted octanol–water partition coefficient (Wildman–Crippen LogP) is 5.67. The Morgan fingerprint density at radius 1 is 0.852 bits per heavy atom. The molecule has 134 valence electrons. The lowest BCUT2D eigenvalue weighted by Crippen LogP contribution is -2.01. The number of hydrogen-bond donors (Lipinski definition) is 0. The first-order chi connectivity index (χ1) is 13.2. The maximum atomic E-state index is 14.4. The van der Waals surface area contributed by atoms with Gasteiger partial charge in [0.2, 0.25) is 0 Å². The van der Waals surface area contributed by atoms with Crippen molar-refractivity contribution in [1.82, 2.24) is 14.8 Å². The quantitative estimate of drug-likeness (QED) is 0.421. The summed E-state index contributed by atoms with van der Waals surface area (Å²) in [6, 6.07) is 24.8. The summed E-state index contributed by atoms with van der Waals surface area (Å²) in [5, 5.41) is 9.41. The third-order valence-electron chi connectivity index (χ3n) is 4.38. The highest BCUT2D eigenvalue weighted by molar-refractivity contribution is 7.98. The number of rotatable bonds is 5. The molecule has 0 radical (unpaired) electrons. The molecule has 0 aliphatic heterocycles. The van der Waals surface area contributed by atoms with Gasteiger partial charge in [-0.15, -0.1) is 10.2 Å². The lowest BCUT2D eigenvalue weighted by Gasteiger charge is -2.11.